The number of hydrogen-bond acceptors (Lipinski definition) is 2. The van der Waals surface area contributed by atoms with Crippen LogP contribution in [0.4, 0.5) is 0 Å². The van der Waals surface area contributed by atoms with Crippen molar-refractivity contribution in [3.63, 3.8) is 0 Å². The highest BCUT2D eigenvalue weighted by atomic mass is 35.5. The number of carbonyl (C=O) groups excluding carboxylic acids is 1. The number of Topliss-reactive ketones (excluding diaryl/α,β-unsaturated/α-hetero) is 1. The van der Waals surface area contributed by atoms with E-state index in [9.17, 15) is 4.79 Å². The van der Waals surface area contributed by atoms with Crippen molar-refractivity contribution in [2.24, 2.45) is 5.92 Å². The number of hydrogen-bond donors (Lipinski definition) is 0. The number of rotatable bonds is 2. The maximum Gasteiger partial charge on any atom is 0.160 e. The fourth-order valence-corrected chi connectivity index (χ4v) is 2.01. The second-order valence-electron chi connectivity index (χ2n) is 3.48. The van der Waals surface area contributed by atoms with Gasteiger partial charge in [-0.3, -0.25) is 4.79 Å². The van der Waals surface area contributed by atoms with Crippen LogP contribution in [0.3, 0.4) is 0 Å². The van der Waals surface area contributed by atoms with Crippen LogP contribution in [0.5, 0.6) is 0 Å². The van der Waals surface area contributed by atoms with Gasteiger partial charge in [0.15, 0.2) is 5.78 Å². The van der Waals surface area contributed by atoms with Crippen molar-refractivity contribution in [1.82, 2.24) is 0 Å². The van der Waals surface area contributed by atoms with E-state index in [1.54, 1.807) is 0 Å². The Morgan fingerprint density at radius 1 is 1.62 bits per heavy atom. The Morgan fingerprint density at radius 2 is 2.31 bits per heavy atom. The van der Waals surface area contributed by atoms with Crippen LogP contribution in [-0.2, 0) is 4.79 Å². The fraction of sp³-hybridized carbons (Fsp3) is 0.600. The molecule has 0 aromatic carbocycles. The number of ketones is 1. The van der Waals surface area contributed by atoms with Crippen molar-refractivity contribution in [2.45, 2.75) is 32.6 Å². The Bertz CT molecular complexity index is 288. The van der Waals surface area contributed by atoms with E-state index in [0.717, 1.165) is 6.42 Å². The molecule has 0 N–H and O–H groups in total. The molecule has 70 valence electrons. The number of carbonyl (C=O) groups is 1. The van der Waals surface area contributed by atoms with E-state index in [4.69, 9.17) is 16.9 Å². The summed E-state index contributed by atoms with van der Waals surface area (Å²) in [4.78, 5) is 11.5. The lowest BCUT2D eigenvalue weighted by Crippen LogP contribution is -2.15. The van der Waals surface area contributed by atoms with Gasteiger partial charge in [-0.2, -0.15) is 5.26 Å². The second-order valence-corrected chi connectivity index (χ2v) is 3.93. The molecule has 13 heavy (non-hydrogen) atoms. The van der Waals surface area contributed by atoms with Gasteiger partial charge >= 0.3 is 0 Å². The normalized spacial score (nSPS) is 23.2. The predicted octanol–water partition coefficient (Wildman–Crippen LogP) is 2.78. The summed E-state index contributed by atoms with van der Waals surface area (Å²) in [5.74, 6) is 0.477. The Labute approximate surface area is 83.2 Å². The van der Waals surface area contributed by atoms with Gasteiger partial charge in [0.1, 0.15) is 0 Å². The molecule has 1 atom stereocenters. The smallest absolute Gasteiger partial charge is 0.160 e. The summed E-state index contributed by atoms with van der Waals surface area (Å²) in [6, 6.07) is 2.02. The average Bonchev–Trinajstić information content (AvgIpc) is 2.02. The Hall–Kier alpha value is -0.810. The van der Waals surface area contributed by atoms with Gasteiger partial charge in [0.25, 0.3) is 0 Å². The topological polar surface area (TPSA) is 40.9 Å². The van der Waals surface area contributed by atoms with Crippen LogP contribution in [0.1, 0.15) is 32.6 Å². The van der Waals surface area contributed by atoms with E-state index in [1.807, 2.05) is 13.0 Å². The molecule has 0 bridgehead atoms. The molecular formula is C10H12ClNO. The van der Waals surface area contributed by atoms with E-state index in [-0.39, 0.29) is 5.78 Å². The first-order valence-electron chi connectivity index (χ1n) is 4.42. The van der Waals surface area contributed by atoms with E-state index < -0.39 is 0 Å². The maximum absolute atomic E-state index is 11.5. The molecular weight excluding hydrogens is 186 g/mol. The minimum absolute atomic E-state index is 0.124. The third kappa shape index (κ3) is 2.57. The van der Waals surface area contributed by atoms with E-state index in [2.05, 4.69) is 0 Å². The number of nitriles is 1. The van der Waals surface area contributed by atoms with Gasteiger partial charge in [0.2, 0.25) is 0 Å². The second kappa shape index (κ2) is 4.43. The largest absolute Gasteiger partial charge is 0.295 e. The Morgan fingerprint density at radius 3 is 2.85 bits per heavy atom. The Balaban J connectivity index is 2.74. The predicted molar refractivity (Wildman–Crippen MR) is 51.1 cm³/mol. The molecule has 0 spiro atoms. The third-order valence-electron chi connectivity index (χ3n) is 2.21. The zero-order valence-electron chi connectivity index (χ0n) is 7.64. The van der Waals surface area contributed by atoms with Gasteiger partial charge in [-0.05, 0) is 18.8 Å². The summed E-state index contributed by atoms with van der Waals surface area (Å²) in [6.07, 6.45) is 2.26. The van der Waals surface area contributed by atoms with Gasteiger partial charge < -0.3 is 0 Å². The molecule has 0 aromatic rings. The molecule has 0 saturated heterocycles. The van der Waals surface area contributed by atoms with Gasteiger partial charge in [-0.25, -0.2) is 0 Å². The monoisotopic (exact) mass is 197 g/mol. The Kier molecular flexibility index (Phi) is 3.50. The molecule has 2 nitrogen and oxygen atoms in total. The zero-order chi connectivity index (χ0) is 9.84. The third-order valence-corrected chi connectivity index (χ3v) is 2.59. The minimum Gasteiger partial charge on any atom is -0.295 e. The molecule has 1 rings (SSSR count). The van der Waals surface area contributed by atoms with Crippen molar-refractivity contribution in [3.05, 3.63) is 10.6 Å². The van der Waals surface area contributed by atoms with Crippen LogP contribution < -0.4 is 0 Å². The van der Waals surface area contributed by atoms with E-state index in [0.29, 0.717) is 35.8 Å². The van der Waals surface area contributed by atoms with E-state index >= 15 is 0 Å². The number of allylic oxidation sites excluding steroid dienone is 2. The zero-order valence-corrected chi connectivity index (χ0v) is 8.40. The standard InChI is InChI=1S/C10H12ClNO/c1-7-5-9(11)8(3-2-4-12)10(13)6-7/h7H,2-3,5-6H2,1H3. The highest BCUT2D eigenvalue weighted by Crippen LogP contribution is 2.31. The highest BCUT2D eigenvalue weighted by Gasteiger charge is 2.23. The van der Waals surface area contributed by atoms with Crippen molar-refractivity contribution in [3.8, 4) is 6.07 Å². The lowest BCUT2D eigenvalue weighted by Gasteiger charge is -2.19. The molecule has 1 aliphatic rings. The summed E-state index contributed by atoms with van der Waals surface area (Å²) >= 11 is 5.96. The lowest BCUT2D eigenvalue weighted by atomic mass is 9.88. The first-order valence-corrected chi connectivity index (χ1v) is 4.80. The molecule has 0 aromatic heterocycles. The lowest BCUT2D eigenvalue weighted by molar-refractivity contribution is -0.116. The quantitative estimate of drug-likeness (QED) is 0.683. The van der Waals surface area contributed by atoms with Crippen LogP contribution in [-0.4, -0.2) is 5.78 Å². The van der Waals surface area contributed by atoms with Crippen molar-refractivity contribution < 1.29 is 4.79 Å². The number of nitrogens with zero attached hydrogens (tertiary/aromatic N) is 1. The fourth-order valence-electron chi connectivity index (χ4n) is 1.55. The summed E-state index contributed by atoms with van der Waals surface area (Å²) in [6.45, 7) is 2.02. The maximum atomic E-state index is 11.5. The van der Waals surface area contributed by atoms with Gasteiger partial charge in [0.05, 0.1) is 6.07 Å². The molecule has 0 heterocycles. The van der Waals surface area contributed by atoms with Crippen LogP contribution in [0, 0.1) is 17.2 Å². The summed E-state index contributed by atoms with van der Waals surface area (Å²) in [5.41, 5.74) is 0.682. The molecule has 1 aliphatic carbocycles. The molecule has 0 aliphatic heterocycles. The minimum atomic E-state index is 0.124. The summed E-state index contributed by atoms with van der Waals surface area (Å²) in [5, 5.41) is 9.06. The summed E-state index contributed by atoms with van der Waals surface area (Å²) in [7, 11) is 0. The molecule has 1 unspecified atom stereocenters. The summed E-state index contributed by atoms with van der Waals surface area (Å²) < 4.78 is 0. The highest BCUT2D eigenvalue weighted by molar-refractivity contribution is 6.32. The van der Waals surface area contributed by atoms with Crippen molar-refractivity contribution >= 4 is 17.4 Å². The average molecular weight is 198 g/mol. The van der Waals surface area contributed by atoms with E-state index in [1.165, 1.54) is 0 Å². The molecule has 0 fully saturated rings. The first kappa shape index (κ1) is 10.3. The van der Waals surface area contributed by atoms with Crippen LogP contribution in [0.25, 0.3) is 0 Å². The molecule has 0 amide bonds. The van der Waals surface area contributed by atoms with Crippen molar-refractivity contribution in [2.75, 3.05) is 0 Å². The van der Waals surface area contributed by atoms with Crippen LogP contribution >= 0.6 is 11.6 Å². The van der Waals surface area contributed by atoms with Crippen molar-refractivity contribution in [1.29, 1.82) is 5.26 Å². The molecule has 0 radical (unpaired) electrons. The van der Waals surface area contributed by atoms with Gasteiger partial charge in [-0.1, -0.05) is 18.5 Å². The van der Waals surface area contributed by atoms with Crippen LogP contribution in [0.15, 0.2) is 10.6 Å². The van der Waals surface area contributed by atoms with Gasteiger partial charge in [0, 0.05) is 23.4 Å². The first-order chi connectivity index (χ1) is 6.15. The molecule has 0 saturated carbocycles. The van der Waals surface area contributed by atoms with Crippen LogP contribution in [0.2, 0.25) is 0 Å². The molecule has 3 heteroatoms. The SMILES string of the molecule is CC1CC(=O)C(CCC#N)=C(Cl)C1. The number of halogens is 1. The van der Waals surface area contributed by atoms with Gasteiger partial charge in [-0.15, -0.1) is 0 Å².